The van der Waals surface area contributed by atoms with Gasteiger partial charge in [0, 0.05) is 0 Å². The van der Waals surface area contributed by atoms with Crippen molar-refractivity contribution >= 4 is 0 Å². The quantitative estimate of drug-likeness (QED) is 0.683. The third-order valence-electron chi connectivity index (χ3n) is 1.59. The number of hydrogen-bond donors (Lipinski definition) is 1. The fourth-order valence-electron chi connectivity index (χ4n) is 0.929. The smallest absolute Gasteiger partial charge is 0.102 e. The lowest BCUT2D eigenvalue weighted by molar-refractivity contribution is 0.869. The van der Waals surface area contributed by atoms with E-state index < -0.39 is 0 Å². The molecule has 4 nitrogen and oxygen atoms in total. The number of nitriles is 1. The molecular formula is C7H10N4. The van der Waals surface area contributed by atoms with Gasteiger partial charge >= 0.3 is 0 Å². The first-order chi connectivity index (χ1) is 5.29. The maximum atomic E-state index is 8.59. The molecule has 1 N–H and O–H groups in total. The average molecular weight is 150 g/mol. The lowest BCUT2D eigenvalue weighted by atomic mass is 10.1. The Labute approximate surface area is 65.2 Å². The molecule has 1 aromatic heterocycles. The van der Waals surface area contributed by atoms with Crippen molar-refractivity contribution in [2.45, 2.75) is 26.2 Å². The molecule has 0 aliphatic heterocycles. The van der Waals surface area contributed by atoms with Gasteiger partial charge in [-0.1, -0.05) is 6.92 Å². The van der Waals surface area contributed by atoms with Crippen molar-refractivity contribution in [3.8, 4) is 6.07 Å². The molecule has 0 amide bonds. The molecule has 1 unspecified atom stereocenters. The Balaban J connectivity index is 2.94. The minimum Gasteiger partial charge on any atom is -0.198 e. The lowest BCUT2D eigenvalue weighted by Crippen LogP contribution is -1.95. The van der Waals surface area contributed by atoms with E-state index in [1.54, 1.807) is 0 Å². The van der Waals surface area contributed by atoms with Gasteiger partial charge < -0.3 is 0 Å². The molecule has 0 aliphatic carbocycles. The van der Waals surface area contributed by atoms with Crippen molar-refractivity contribution in [1.29, 1.82) is 5.26 Å². The van der Waals surface area contributed by atoms with Crippen LogP contribution in [0.5, 0.6) is 0 Å². The van der Waals surface area contributed by atoms with Crippen LogP contribution in [0.25, 0.3) is 0 Å². The Morgan fingerprint density at radius 3 is 2.91 bits per heavy atom. The topological polar surface area (TPSA) is 65.4 Å². The molecule has 58 valence electrons. The van der Waals surface area contributed by atoms with Crippen molar-refractivity contribution in [1.82, 2.24) is 15.4 Å². The Morgan fingerprint density at radius 1 is 1.64 bits per heavy atom. The molecule has 0 saturated heterocycles. The van der Waals surface area contributed by atoms with Gasteiger partial charge in [0.2, 0.25) is 0 Å². The van der Waals surface area contributed by atoms with E-state index in [1.165, 1.54) is 0 Å². The number of aryl methyl sites for hydroxylation is 1. The summed E-state index contributed by atoms with van der Waals surface area (Å²) in [7, 11) is 0. The van der Waals surface area contributed by atoms with Crippen LogP contribution in [0.3, 0.4) is 0 Å². The van der Waals surface area contributed by atoms with Crippen LogP contribution in [-0.2, 0) is 6.42 Å². The highest BCUT2D eigenvalue weighted by molar-refractivity contribution is 5.18. The standard InChI is InChI=1S/C7H10N4/c1-3-6-7(5(2)4-8)10-11-9-6/h5H,3H2,1-2H3,(H,9,10,11). The van der Waals surface area contributed by atoms with Gasteiger partial charge in [-0.05, 0) is 13.3 Å². The second kappa shape index (κ2) is 3.15. The van der Waals surface area contributed by atoms with Gasteiger partial charge in [0.05, 0.1) is 17.7 Å². The number of H-pyrrole nitrogens is 1. The zero-order chi connectivity index (χ0) is 8.27. The summed E-state index contributed by atoms with van der Waals surface area (Å²) in [5.74, 6) is -0.163. The summed E-state index contributed by atoms with van der Waals surface area (Å²) in [5.41, 5.74) is 1.66. The van der Waals surface area contributed by atoms with Gasteiger partial charge in [0.15, 0.2) is 0 Å². The third kappa shape index (κ3) is 1.37. The van der Waals surface area contributed by atoms with Crippen LogP contribution in [0.15, 0.2) is 0 Å². The molecule has 0 saturated carbocycles. The molecule has 1 rings (SSSR count). The number of nitrogens with zero attached hydrogens (tertiary/aromatic N) is 3. The second-order valence-electron chi connectivity index (χ2n) is 2.36. The van der Waals surface area contributed by atoms with Crippen molar-refractivity contribution in [2.24, 2.45) is 0 Å². The lowest BCUT2D eigenvalue weighted by Gasteiger charge is -1.96. The van der Waals surface area contributed by atoms with Gasteiger partial charge in [0.25, 0.3) is 0 Å². The van der Waals surface area contributed by atoms with Crippen LogP contribution >= 0.6 is 0 Å². The summed E-state index contributed by atoms with van der Waals surface area (Å²) in [6, 6.07) is 2.12. The average Bonchev–Trinajstić information content (AvgIpc) is 2.50. The third-order valence-corrected chi connectivity index (χ3v) is 1.59. The Morgan fingerprint density at radius 2 is 2.36 bits per heavy atom. The number of nitrogens with one attached hydrogen (secondary N) is 1. The van der Waals surface area contributed by atoms with Gasteiger partial charge in [0.1, 0.15) is 5.69 Å². The number of rotatable bonds is 2. The first-order valence-electron chi connectivity index (χ1n) is 3.58. The van der Waals surface area contributed by atoms with E-state index in [4.69, 9.17) is 5.26 Å². The zero-order valence-electron chi connectivity index (χ0n) is 6.63. The molecule has 4 heteroatoms. The maximum Gasteiger partial charge on any atom is 0.102 e. The van der Waals surface area contributed by atoms with Crippen molar-refractivity contribution in [2.75, 3.05) is 0 Å². The molecule has 0 bridgehead atoms. The van der Waals surface area contributed by atoms with E-state index >= 15 is 0 Å². The zero-order valence-corrected chi connectivity index (χ0v) is 6.63. The van der Waals surface area contributed by atoms with Crippen molar-refractivity contribution in [3.05, 3.63) is 11.4 Å². The van der Waals surface area contributed by atoms with Gasteiger partial charge in [-0.2, -0.15) is 20.7 Å². The summed E-state index contributed by atoms with van der Waals surface area (Å²) < 4.78 is 0. The first-order valence-corrected chi connectivity index (χ1v) is 3.58. The first kappa shape index (κ1) is 7.73. The number of hydrogen-bond acceptors (Lipinski definition) is 3. The van der Waals surface area contributed by atoms with E-state index in [0.29, 0.717) is 0 Å². The molecule has 0 spiro atoms. The number of aromatic amines is 1. The predicted octanol–water partition coefficient (Wildman–Crippen LogP) is 0.994. The molecule has 1 atom stereocenters. The van der Waals surface area contributed by atoms with Gasteiger partial charge in [-0.15, -0.1) is 0 Å². The molecule has 1 heterocycles. The second-order valence-corrected chi connectivity index (χ2v) is 2.36. The molecule has 0 radical (unpaired) electrons. The van der Waals surface area contributed by atoms with E-state index in [1.807, 2.05) is 13.8 Å². The SMILES string of the molecule is CCc1n[nH]nc1C(C)C#N. The Kier molecular flexibility index (Phi) is 2.21. The fraction of sp³-hybridized carbons (Fsp3) is 0.571. The summed E-state index contributed by atoms with van der Waals surface area (Å²) in [4.78, 5) is 0. The van der Waals surface area contributed by atoms with E-state index in [2.05, 4.69) is 21.5 Å². The van der Waals surface area contributed by atoms with Crippen molar-refractivity contribution in [3.63, 3.8) is 0 Å². The van der Waals surface area contributed by atoms with Gasteiger partial charge in [-0.25, -0.2) is 0 Å². The largest absolute Gasteiger partial charge is 0.198 e. The minimum absolute atomic E-state index is 0.163. The molecule has 0 aromatic carbocycles. The highest BCUT2D eigenvalue weighted by Crippen LogP contribution is 2.13. The molecule has 11 heavy (non-hydrogen) atoms. The highest BCUT2D eigenvalue weighted by Gasteiger charge is 2.12. The van der Waals surface area contributed by atoms with Crippen LogP contribution in [0, 0.1) is 11.3 Å². The van der Waals surface area contributed by atoms with Gasteiger partial charge in [-0.3, -0.25) is 0 Å². The summed E-state index contributed by atoms with van der Waals surface area (Å²) in [6.07, 6.45) is 0.817. The number of aromatic nitrogens is 3. The Hall–Kier alpha value is -1.37. The van der Waals surface area contributed by atoms with E-state index in [-0.39, 0.29) is 5.92 Å². The highest BCUT2D eigenvalue weighted by atomic mass is 15.3. The maximum absolute atomic E-state index is 8.59. The van der Waals surface area contributed by atoms with E-state index in [0.717, 1.165) is 17.8 Å². The van der Waals surface area contributed by atoms with E-state index in [9.17, 15) is 0 Å². The molecule has 0 aliphatic rings. The molecular weight excluding hydrogens is 140 g/mol. The Bertz CT molecular complexity index is 270. The normalized spacial score (nSPS) is 12.5. The monoisotopic (exact) mass is 150 g/mol. The van der Waals surface area contributed by atoms with Crippen LogP contribution in [-0.4, -0.2) is 15.4 Å². The molecule has 0 fully saturated rings. The van der Waals surface area contributed by atoms with Crippen LogP contribution in [0.4, 0.5) is 0 Å². The summed E-state index contributed by atoms with van der Waals surface area (Å²) >= 11 is 0. The predicted molar refractivity (Wildman–Crippen MR) is 39.8 cm³/mol. The van der Waals surface area contributed by atoms with Crippen LogP contribution in [0.1, 0.15) is 31.2 Å². The molecule has 1 aromatic rings. The summed E-state index contributed by atoms with van der Waals surface area (Å²) in [5, 5.41) is 18.9. The van der Waals surface area contributed by atoms with Crippen molar-refractivity contribution < 1.29 is 0 Å². The summed E-state index contributed by atoms with van der Waals surface area (Å²) in [6.45, 7) is 3.81. The van der Waals surface area contributed by atoms with Crippen LogP contribution < -0.4 is 0 Å². The fourth-order valence-corrected chi connectivity index (χ4v) is 0.929. The minimum atomic E-state index is -0.163. The van der Waals surface area contributed by atoms with Crippen LogP contribution in [0.2, 0.25) is 0 Å².